The van der Waals surface area contributed by atoms with E-state index in [9.17, 15) is 9.59 Å². The van der Waals surface area contributed by atoms with Crippen LogP contribution < -0.4 is 10.3 Å². The summed E-state index contributed by atoms with van der Waals surface area (Å²) in [6.45, 7) is 2.19. The number of amidine groups is 1. The fraction of sp³-hybridized carbons (Fsp3) is 0.500. The fourth-order valence-corrected chi connectivity index (χ4v) is 2.56. The summed E-state index contributed by atoms with van der Waals surface area (Å²) in [5.74, 6) is 0.267. The molecule has 0 bridgehead atoms. The highest BCUT2D eigenvalue weighted by Gasteiger charge is 2.25. The summed E-state index contributed by atoms with van der Waals surface area (Å²) < 4.78 is 0. The first-order valence-corrected chi connectivity index (χ1v) is 8.46. The van der Waals surface area contributed by atoms with E-state index in [1.807, 2.05) is 30.3 Å². The number of benzene rings is 1. The topological polar surface area (TPSA) is 61.8 Å². The van der Waals surface area contributed by atoms with Crippen LogP contribution in [0.4, 0.5) is 5.69 Å². The number of para-hydroxylation sites is 1. The number of hydrazone groups is 1. The van der Waals surface area contributed by atoms with Crippen LogP contribution >= 0.6 is 0 Å². The molecular formula is C18H25N3O2. The highest BCUT2D eigenvalue weighted by atomic mass is 16.2. The Hall–Kier alpha value is -2.17. The molecule has 0 radical (unpaired) electrons. The van der Waals surface area contributed by atoms with Crippen molar-refractivity contribution in [3.8, 4) is 0 Å². The summed E-state index contributed by atoms with van der Waals surface area (Å²) >= 11 is 0. The van der Waals surface area contributed by atoms with Crippen LogP contribution in [0.1, 0.15) is 58.3 Å². The van der Waals surface area contributed by atoms with Crippen molar-refractivity contribution < 1.29 is 9.59 Å². The Bertz CT molecular complexity index is 555. The SMILES string of the molecule is CCCCCCCCC(=O)NC1=NN(c2ccccc2)C(=O)C1. The minimum Gasteiger partial charge on any atom is -0.312 e. The maximum absolute atomic E-state index is 12.0. The normalized spacial score (nSPS) is 14.0. The van der Waals surface area contributed by atoms with Crippen LogP contribution in [0.2, 0.25) is 0 Å². The van der Waals surface area contributed by atoms with Crippen molar-refractivity contribution in [2.24, 2.45) is 5.10 Å². The van der Waals surface area contributed by atoms with Crippen LogP contribution in [-0.2, 0) is 9.59 Å². The van der Waals surface area contributed by atoms with Gasteiger partial charge >= 0.3 is 0 Å². The van der Waals surface area contributed by atoms with E-state index in [4.69, 9.17) is 0 Å². The second-order valence-corrected chi connectivity index (χ2v) is 5.83. The third-order valence-corrected chi connectivity index (χ3v) is 3.82. The molecule has 0 saturated heterocycles. The van der Waals surface area contributed by atoms with E-state index in [1.165, 1.54) is 30.7 Å². The lowest BCUT2D eigenvalue weighted by Crippen LogP contribution is -2.29. The van der Waals surface area contributed by atoms with Crippen LogP contribution in [0.5, 0.6) is 0 Å². The lowest BCUT2D eigenvalue weighted by molar-refractivity contribution is -0.119. The molecule has 0 fully saturated rings. The Morgan fingerprint density at radius 3 is 2.57 bits per heavy atom. The van der Waals surface area contributed by atoms with Gasteiger partial charge in [-0.15, -0.1) is 0 Å². The summed E-state index contributed by atoms with van der Waals surface area (Å²) in [5, 5.41) is 8.32. The predicted octanol–water partition coefficient (Wildman–Crippen LogP) is 3.60. The van der Waals surface area contributed by atoms with Gasteiger partial charge in [0.1, 0.15) is 5.84 Å². The number of anilines is 1. The summed E-state index contributed by atoms with van der Waals surface area (Å²) in [6.07, 6.45) is 7.52. The quantitative estimate of drug-likeness (QED) is 0.745. The van der Waals surface area contributed by atoms with Crippen molar-refractivity contribution in [2.45, 2.75) is 58.3 Å². The van der Waals surface area contributed by atoms with Crippen molar-refractivity contribution in [1.29, 1.82) is 0 Å². The highest BCUT2D eigenvalue weighted by Crippen LogP contribution is 2.19. The van der Waals surface area contributed by atoms with Gasteiger partial charge in [-0.3, -0.25) is 9.59 Å². The lowest BCUT2D eigenvalue weighted by Gasteiger charge is -2.10. The Labute approximate surface area is 137 Å². The first-order chi connectivity index (χ1) is 11.2. The molecule has 2 amide bonds. The van der Waals surface area contributed by atoms with E-state index >= 15 is 0 Å². The molecule has 124 valence electrons. The van der Waals surface area contributed by atoms with Crippen molar-refractivity contribution in [1.82, 2.24) is 5.32 Å². The Morgan fingerprint density at radius 2 is 1.83 bits per heavy atom. The molecule has 5 heteroatoms. The molecule has 1 aliphatic heterocycles. The molecule has 0 spiro atoms. The van der Waals surface area contributed by atoms with Crippen LogP contribution in [0, 0.1) is 0 Å². The van der Waals surface area contributed by atoms with Crippen LogP contribution in [0.15, 0.2) is 35.4 Å². The summed E-state index contributed by atoms with van der Waals surface area (Å²) in [7, 11) is 0. The first kappa shape index (κ1) is 17.2. The van der Waals surface area contributed by atoms with Crippen molar-refractivity contribution in [3.05, 3.63) is 30.3 Å². The maximum atomic E-state index is 12.0. The van der Waals surface area contributed by atoms with Gasteiger partial charge in [0.15, 0.2) is 0 Å². The molecule has 2 rings (SSSR count). The Kier molecular flexibility index (Phi) is 6.78. The molecule has 1 N–H and O–H groups in total. The van der Waals surface area contributed by atoms with Gasteiger partial charge in [-0.1, -0.05) is 57.2 Å². The maximum Gasteiger partial charge on any atom is 0.255 e. The molecule has 1 heterocycles. The number of nitrogens with one attached hydrogen (secondary N) is 1. The van der Waals surface area contributed by atoms with Gasteiger partial charge in [0.25, 0.3) is 5.91 Å². The molecule has 5 nitrogen and oxygen atoms in total. The number of hydrogen-bond donors (Lipinski definition) is 1. The van der Waals surface area contributed by atoms with E-state index in [2.05, 4.69) is 17.3 Å². The van der Waals surface area contributed by atoms with E-state index in [0.717, 1.165) is 18.5 Å². The van der Waals surface area contributed by atoms with Gasteiger partial charge in [-0.25, -0.2) is 0 Å². The van der Waals surface area contributed by atoms with Gasteiger partial charge in [-0.2, -0.15) is 10.1 Å². The number of carbonyl (C=O) groups is 2. The minimum absolute atomic E-state index is 0.0537. The third-order valence-electron chi connectivity index (χ3n) is 3.82. The lowest BCUT2D eigenvalue weighted by atomic mass is 10.1. The molecule has 0 unspecified atom stereocenters. The molecule has 0 aliphatic carbocycles. The number of hydrogen-bond acceptors (Lipinski definition) is 3. The monoisotopic (exact) mass is 315 g/mol. The second kappa shape index (κ2) is 9.08. The molecule has 1 aliphatic rings. The Balaban J connectivity index is 1.75. The van der Waals surface area contributed by atoms with E-state index in [-0.39, 0.29) is 18.2 Å². The first-order valence-electron chi connectivity index (χ1n) is 8.46. The average Bonchev–Trinajstić information content (AvgIpc) is 2.92. The van der Waals surface area contributed by atoms with Gasteiger partial charge in [-0.05, 0) is 18.6 Å². The number of rotatable bonds is 8. The second-order valence-electron chi connectivity index (χ2n) is 5.83. The van der Waals surface area contributed by atoms with E-state index < -0.39 is 0 Å². The molecule has 0 saturated carbocycles. The number of nitrogens with zero attached hydrogens (tertiary/aromatic N) is 2. The van der Waals surface area contributed by atoms with Crippen LogP contribution in [0.3, 0.4) is 0 Å². The summed E-state index contributed by atoms with van der Waals surface area (Å²) in [6, 6.07) is 9.24. The average molecular weight is 315 g/mol. The molecule has 1 aromatic carbocycles. The molecule has 0 atom stereocenters. The van der Waals surface area contributed by atoms with Crippen LogP contribution in [-0.4, -0.2) is 17.6 Å². The van der Waals surface area contributed by atoms with Gasteiger partial charge < -0.3 is 5.32 Å². The standard InChI is InChI=1S/C18H25N3O2/c1-2-3-4-5-6-10-13-17(22)19-16-14-18(23)21(20-16)15-11-8-7-9-12-15/h7-9,11-12H,2-6,10,13-14H2,1H3,(H,19,20,22). The third kappa shape index (κ3) is 5.51. The van der Waals surface area contributed by atoms with Crippen LogP contribution in [0.25, 0.3) is 0 Å². The van der Waals surface area contributed by atoms with E-state index in [0.29, 0.717) is 12.3 Å². The zero-order chi connectivity index (χ0) is 16.5. The minimum atomic E-state index is -0.119. The number of unbranched alkanes of at least 4 members (excludes halogenated alkanes) is 5. The van der Waals surface area contributed by atoms with Gasteiger partial charge in [0.05, 0.1) is 12.1 Å². The summed E-state index contributed by atoms with van der Waals surface area (Å²) in [5.41, 5.74) is 0.720. The smallest absolute Gasteiger partial charge is 0.255 e. The molecular weight excluding hydrogens is 290 g/mol. The zero-order valence-corrected chi connectivity index (χ0v) is 13.8. The predicted molar refractivity (Wildman–Crippen MR) is 92.1 cm³/mol. The van der Waals surface area contributed by atoms with Gasteiger partial charge in [0, 0.05) is 6.42 Å². The Morgan fingerprint density at radius 1 is 1.13 bits per heavy atom. The molecule has 23 heavy (non-hydrogen) atoms. The van der Waals surface area contributed by atoms with Crippen molar-refractivity contribution in [3.63, 3.8) is 0 Å². The number of carbonyl (C=O) groups excluding carboxylic acids is 2. The van der Waals surface area contributed by atoms with Crippen molar-refractivity contribution in [2.75, 3.05) is 5.01 Å². The highest BCUT2D eigenvalue weighted by molar-refractivity contribution is 6.15. The number of amides is 2. The largest absolute Gasteiger partial charge is 0.312 e. The zero-order valence-electron chi connectivity index (χ0n) is 13.8. The fourth-order valence-electron chi connectivity index (χ4n) is 2.56. The van der Waals surface area contributed by atoms with E-state index in [1.54, 1.807) is 0 Å². The summed E-state index contributed by atoms with van der Waals surface area (Å²) in [4.78, 5) is 23.9. The molecule has 0 aromatic heterocycles. The van der Waals surface area contributed by atoms with Gasteiger partial charge in [0.2, 0.25) is 5.91 Å². The molecule has 1 aromatic rings. The van der Waals surface area contributed by atoms with Crippen molar-refractivity contribution >= 4 is 23.3 Å².